The molecule has 0 radical (unpaired) electrons. The molecule has 0 spiro atoms. The van der Waals surface area contributed by atoms with Crippen molar-refractivity contribution in [2.24, 2.45) is 0 Å². The number of phenolic OH excluding ortho intramolecular Hbond substituents is 1. The van der Waals surface area contributed by atoms with Crippen LogP contribution < -0.4 is 0 Å². The summed E-state index contributed by atoms with van der Waals surface area (Å²) in [5.74, 6) is 5.88. The Kier molecular flexibility index (Phi) is 3.36. The van der Waals surface area contributed by atoms with E-state index in [0.717, 1.165) is 11.1 Å². The average molecular weight is 176 g/mol. The first-order chi connectivity index (χ1) is 6.22. The molecule has 0 aliphatic rings. The highest BCUT2D eigenvalue weighted by atomic mass is 16.3. The number of aromatic hydroxyl groups is 1. The number of phenols is 1. The number of benzene rings is 1. The van der Waals surface area contributed by atoms with Gasteiger partial charge >= 0.3 is 0 Å². The van der Waals surface area contributed by atoms with E-state index in [1.54, 1.807) is 12.1 Å². The molecule has 1 aromatic carbocycles. The van der Waals surface area contributed by atoms with Crippen molar-refractivity contribution in [2.75, 3.05) is 6.61 Å². The molecule has 0 heterocycles. The number of aliphatic hydroxyl groups is 1. The van der Waals surface area contributed by atoms with Crippen LogP contribution in [0.2, 0.25) is 0 Å². The fourth-order valence-electron chi connectivity index (χ4n) is 1.06. The van der Waals surface area contributed by atoms with E-state index in [2.05, 4.69) is 11.8 Å². The van der Waals surface area contributed by atoms with E-state index < -0.39 is 0 Å². The third kappa shape index (κ3) is 3.18. The van der Waals surface area contributed by atoms with Crippen LogP contribution in [0.5, 0.6) is 5.75 Å². The maximum atomic E-state index is 9.23. The first kappa shape index (κ1) is 9.63. The van der Waals surface area contributed by atoms with Crippen LogP contribution in [0.25, 0.3) is 0 Å². The second-order valence-electron chi connectivity index (χ2n) is 2.83. The van der Waals surface area contributed by atoms with Crippen LogP contribution in [0.15, 0.2) is 18.2 Å². The Morgan fingerprint density at radius 2 is 2.08 bits per heavy atom. The van der Waals surface area contributed by atoms with E-state index in [0.29, 0.717) is 6.42 Å². The summed E-state index contributed by atoms with van der Waals surface area (Å²) < 4.78 is 0. The summed E-state index contributed by atoms with van der Waals surface area (Å²) in [7, 11) is 0. The lowest BCUT2D eigenvalue weighted by molar-refractivity contribution is 0.305. The summed E-state index contributed by atoms with van der Waals surface area (Å²) in [6, 6.07) is 5.18. The Morgan fingerprint density at radius 3 is 2.69 bits per heavy atom. The Morgan fingerprint density at radius 1 is 1.31 bits per heavy atom. The van der Waals surface area contributed by atoms with Crippen LogP contribution in [-0.4, -0.2) is 16.8 Å². The van der Waals surface area contributed by atoms with Gasteiger partial charge in [-0.25, -0.2) is 0 Å². The fraction of sp³-hybridized carbons (Fsp3) is 0.273. The van der Waals surface area contributed by atoms with Gasteiger partial charge in [0.1, 0.15) is 5.75 Å². The monoisotopic (exact) mass is 176 g/mol. The predicted molar refractivity (Wildman–Crippen MR) is 51.4 cm³/mol. The Hall–Kier alpha value is -1.46. The van der Waals surface area contributed by atoms with E-state index >= 15 is 0 Å². The smallest absolute Gasteiger partial charge is 0.117 e. The second kappa shape index (κ2) is 4.54. The summed E-state index contributed by atoms with van der Waals surface area (Å²) in [6.45, 7) is 1.97. The molecule has 1 aromatic rings. The van der Waals surface area contributed by atoms with Gasteiger partial charge in [-0.2, -0.15) is 0 Å². The minimum Gasteiger partial charge on any atom is -0.508 e. The summed E-state index contributed by atoms with van der Waals surface area (Å²) in [4.78, 5) is 0. The standard InChI is InChI=1S/C11H12O2/c1-9-6-10(4-2-3-5-12)8-11(13)7-9/h6-8,12-13H,3,5H2,1H3. The van der Waals surface area contributed by atoms with Gasteiger partial charge in [0.15, 0.2) is 0 Å². The number of aliphatic hydroxyl groups excluding tert-OH is 1. The maximum Gasteiger partial charge on any atom is 0.117 e. The van der Waals surface area contributed by atoms with E-state index in [4.69, 9.17) is 5.11 Å². The first-order valence-corrected chi connectivity index (χ1v) is 4.13. The fourth-order valence-corrected chi connectivity index (χ4v) is 1.06. The number of hydrogen-bond acceptors (Lipinski definition) is 2. The van der Waals surface area contributed by atoms with E-state index in [1.165, 1.54) is 0 Å². The first-order valence-electron chi connectivity index (χ1n) is 4.13. The Bertz CT molecular complexity index is 325. The van der Waals surface area contributed by atoms with Gasteiger partial charge in [-0.3, -0.25) is 0 Å². The van der Waals surface area contributed by atoms with Gasteiger partial charge < -0.3 is 10.2 Å². The van der Waals surface area contributed by atoms with Crippen molar-refractivity contribution in [3.63, 3.8) is 0 Å². The molecular weight excluding hydrogens is 164 g/mol. The van der Waals surface area contributed by atoms with E-state index in [9.17, 15) is 5.11 Å². The SMILES string of the molecule is Cc1cc(O)cc(C#CCCO)c1. The molecule has 2 N–H and O–H groups in total. The third-order valence-corrected chi connectivity index (χ3v) is 1.53. The van der Waals surface area contributed by atoms with Crippen molar-refractivity contribution in [3.05, 3.63) is 29.3 Å². The molecule has 0 bridgehead atoms. The van der Waals surface area contributed by atoms with Gasteiger partial charge in [0, 0.05) is 12.0 Å². The lowest BCUT2D eigenvalue weighted by Crippen LogP contribution is -1.79. The summed E-state index contributed by atoms with van der Waals surface area (Å²) in [5, 5.41) is 17.7. The quantitative estimate of drug-likeness (QED) is 0.635. The van der Waals surface area contributed by atoms with Gasteiger partial charge in [-0.15, -0.1) is 0 Å². The number of aryl methyl sites for hydroxylation is 1. The maximum absolute atomic E-state index is 9.23. The Labute approximate surface area is 77.8 Å². The van der Waals surface area contributed by atoms with Crippen LogP contribution in [0.3, 0.4) is 0 Å². The van der Waals surface area contributed by atoms with E-state index in [1.807, 2.05) is 13.0 Å². The summed E-state index contributed by atoms with van der Waals surface area (Å²) >= 11 is 0. The zero-order valence-electron chi connectivity index (χ0n) is 7.54. The molecule has 68 valence electrons. The number of rotatable bonds is 1. The van der Waals surface area contributed by atoms with Gasteiger partial charge in [0.25, 0.3) is 0 Å². The lowest BCUT2D eigenvalue weighted by atomic mass is 10.1. The summed E-state index contributed by atoms with van der Waals surface area (Å²) in [5.41, 5.74) is 1.76. The molecule has 0 unspecified atom stereocenters. The van der Waals surface area contributed by atoms with E-state index in [-0.39, 0.29) is 12.4 Å². The highest BCUT2D eigenvalue weighted by Gasteiger charge is 1.92. The van der Waals surface area contributed by atoms with Crippen LogP contribution in [0.4, 0.5) is 0 Å². The topological polar surface area (TPSA) is 40.5 Å². The molecule has 1 rings (SSSR count). The van der Waals surface area contributed by atoms with Crippen molar-refractivity contribution in [1.29, 1.82) is 0 Å². The van der Waals surface area contributed by atoms with Gasteiger partial charge in [0.2, 0.25) is 0 Å². The molecule has 13 heavy (non-hydrogen) atoms. The van der Waals surface area contributed by atoms with Crippen LogP contribution in [-0.2, 0) is 0 Å². The number of hydrogen-bond donors (Lipinski definition) is 2. The molecule has 0 amide bonds. The molecule has 0 fully saturated rings. The molecule has 0 aliphatic carbocycles. The zero-order chi connectivity index (χ0) is 9.68. The Balaban J connectivity index is 2.85. The minimum atomic E-state index is 0.0742. The molecular formula is C11H12O2. The molecule has 0 saturated heterocycles. The molecule has 0 aromatic heterocycles. The largest absolute Gasteiger partial charge is 0.508 e. The highest BCUT2D eigenvalue weighted by Crippen LogP contribution is 2.13. The van der Waals surface area contributed by atoms with Crippen molar-refractivity contribution < 1.29 is 10.2 Å². The van der Waals surface area contributed by atoms with Gasteiger partial charge in [-0.05, 0) is 30.7 Å². The van der Waals surface area contributed by atoms with Crippen molar-refractivity contribution in [1.82, 2.24) is 0 Å². The molecule has 2 heteroatoms. The summed E-state index contributed by atoms with van der Waals surface area (Å²) in [6.07, 6.45) is 0.467. The van der Waals surface area contributed by atoms with Crippen LogP contribution in [0, 0.1) is 18.8 Å². The average Bonchev–Trinajstić information content (AvgIpc) is 2.03. The minimum absolute atomic E-state index is 0.0742. The molecule has 0 aliphatic heterocycles. The molecule has 0 saturated carbocycles. The van der Waals surface area contributed by atoms with Crippen molar-refractivity contribution >= 4 is 0 Å². The van der Waals surface area contributed by atoms with Gasteiger partial charge in [-0.1, -0.05) is 11.8 Å². The van der Waals surface area contributed by atoms with Crippen LogP contribution >= 0.6 is 0 Å². The normalized spacial score (nSPS) is 9.08. The van der Waals surface area contributed by atoms with Crippen molar-refractivity contribution in [2.45, 2.75) is 13.3 Å². The second-order valence-corrected chi connectivity index (χ2v) is 2.83. The third-order valence-electron chi connectivity index (χ3n) is 1.53. The predicted octanol–water partition coefficient (Wildman–Crippen LogP) is 1.43. The highest BCUT2D eigenvalue weighted by molar-refractivity contribution is 5.42. The van der Waals surface area contributed by atoms with Gasteiger partial charge in [0.05, 0.1) is 6.61 Å². The van der Waals surface area contributed by atoms with Crippen LogP contribution in [0.1, 0.15) is 17.5 Å². The molecule has 0 atom stereocenters. The van der Waals surface area contributed by atoms with Crippen molar-refractivity contribution in [3.8, 4) is 17.6 Å². The lowest BCUT2D eigenvalue weighted by Gasteiger charge is -1.96. The zero-order valence-corrected chi connectivity index (χ0v) is 7.54. The molecule has 2 nitrogen and oxygen atoms in total.